The van der Waals surface area contributed by atoms with Crippen LogP contribution in [0.4, 0.5) is 0 Å². The van der Waals surface area contributed by atoms with Gasteiger partial charge in [-0.1, -0.05) is 23.8 Å². The number of hydrogen-bond acceptors (Lipinski definition) is 1. The summed E-state index contributed by atoms with van der Waals surface area (Å²) in [4.78, 5) is 12.0. The summed E-state index contributed by atoms with van der Waals surface area (Å²) in [5.74, 6) is -0.145. The van der Waals surface area contributed by atoms with Crippen LogP contribution in [0.1, 0.15) is 42.8 Å². The van der Waals surface area contributed by atoms with Crippen molar-refractivity contribution in [2.75, 3.05) is 0 Å². The Labute approximate surface area is 108 Å². The topological polar surface area (TPSA) is 29.1 Å². The van der Waals surface area contributed by atoms with E-state index in [1.165, 1.54) is 0 Å². The third-order valence-corrected chi connectivity index (χ3v) is 2.87. The first-order chi connectivity index (χ1) is 7.70. The molecule has 3 heteroatoms. The van der Waals surface area contributed by atoms with E-state index >= 15 is 0 Å². The van der Waals surface area contributed by atoms with Gasteiger partial charge >= 0.3 is 0 Å². The van der Waals surface area contributed by atoms with Crippen molar-refractivity contribution in [3.63, 3.8) is 0 Å². The summed E-state index contributed by atoms with van der Waals surface area (Å²) < 4.78 is 0. The summed E-state index contributed by atoms with van der Waals surface area (Å²) in [5.41, 5.74) is 2.77. The standard InChI is InChI=1S/C14H20ClNO/c1-9-6-7-10(2)11(8-9)12(15)13(17)16-14(3,4)5/h6-8,12H,1-5H3,(H,16,17). The molecular weight excluding hydrogens is 234 g/mol. The third-order valence-electron chi connectivity index (χ3n) is 2.44. The fraction of sp³-hybridized carbons (Fsp3) is 0.500. The Morgan fingerprint density at radius 3 is 2.41 bits per heavy atom. The van der Waals surface area contributed by atoms with Crippen LogP contribution < -0.4 is 5.32 Å². The van der Waals surface area contributed by atoms with Crippen LogP contribution in [0.5, 0.6) is 0 Å². The normalized spacial score (nSPS) is 13.3. The second-order valence-electron chi connectivity index (χ2n) is 5.46. The minimum absolute atomic E-state index is 0.145. The number of rotatable bonds is 2. The Morgan fingerprint density at radius 2 is 1.88 bits per heavy atom. The van der Waals surface area contributed by atoms with Crippen LogP contribution in [0, 0.1) is 13.8 Å². The molecule has 0 aromatic heterocycles. The molecule has 0 saturated carbocycles. The Balaban J connectivity index is 2.92. The number of alkyl halides is 1. The first-order valence-corrected chi connectivity index (χ1v) is 6.17. The van der Waals surface area contributed by atoms with E-state index in [-0.39, 0.29) is 11.4 Å². The predicted molar refractivity (Wildman–Crippen MR) is 72.4 cm³/mol. The number of carbonyl (C=O) groups is 1. The lowest BCUT2D eigenvalue weighted by Gasteiger charge is -2.23. The molecule has 0 aliphatic rings. The maximum absolute atomic E-state index is 12.0. The molecule has 1 aromatic rings. The molecule has 1 aromatic carbocycles. The van der Waals surface area contributed by atoms with E-state index in [1.54, 1.807) is 0 Å². The fourth-order valence-corrected chi connectivity index (χ4v) is 1.90. The number of aryl methyl sites for hydroxylation is 2. The zero-order valence-electron chi connectivity index (χ0n) is 11.1. The lowest BCUT2D eigenvalue weighted by molar-refractivity contribution is -0.122. The molecule has 2 nitrogen and oxygen atoms in total. The van der Waals surface area contributed by atoms with Gasteiger partial charge in [0.2, 0.25) is 5.91 Å². The van der Waals surface area contributed by atoms with Gasteiger partial charge in [-0.15, -0.1) is 11.6 Å². The Morgan fingerprint density at radius 1 is 1.29 bits per heavy atom. The summed E-state index contributed by atoms with van der Waals surface area (Å²) >= 11 is 6.23. The van der Waals surface area contributed by atoms with Crippen LogP contribution in [0.25, 0.3) is 0 Å². The van der Waals surface area contributed by atoms with Crippen molar-refractivity contribution in [1.29, 1.82) is 0 Å². The zero-order chi connectivity index (χ0) is 13.2. The summed E-state index contributed by atoms with van der Waals surface area (Å²) in [7, 11) is 0. The van der Waals surface area contributed by atoms with Crippen molar-refractivity contribution in [1.82, 2.24) is 5.32 Å². The van der Waals surface area contributed by atoms with Gasteiger partial charge in [0, 0.05) is 5.54 Å². The van der Waals surface area contributed by atoms with E-state index in [0.717, 1.165) is 16.7 Å². The number of carbonyl (C=O) groups excluding carboxylic acids is 1. The fourth-order valence-electron chi connectivity index (χ4n) is 1.61. The van der Waals surface area contributed by atoms with Gasteiger partial charge in [0.25, 0.3) is 0 Å². The Kier molecular flexibility index (Phi) is 4.21. The molecule has 1 atom stereocenters. The number of nitrogens with one attached hydrogen (secondary N) is 1. The van der Waals surface area contributed by atoms with Gasteiger partial charge in [-0.3, -0.25) is 4.79 Å². The van der Waals surface area contributed by atoms with Gasteiger partial charge < -0.3 is 5.32 Å². The lowest BCUT2D eigenvalue weighted by Crippen LogP contribution is -2.42. The van der Waals surface area contributed by atoms with Crippen molar-refractivity contribution >= 4 is 17.5 Å². The van der Waals surface area contributed by atoms with Gasteiger partial charge in [0.15, 0.2) is 0 Å². The van der Waals surface area contributed by atoms with Crippen molar-refractivity contribution in [2.45, 2.75) is 45.5 Å². The highest BCUT2D eigenvalue weighted by atomic mass is 35.5. The smallest absolute Gasteiger partial charge is 0.243 e. The summed E-state index contributed by atoms with van der Waals surface area (Å²) in [5, 5.41) is 2.26. The highest BCUT2D eigenvalue weighted by Crippen LogP contribution is 2.25. The molecule has 0 aliphatic heterocycles. The van der Waals surface area contributed by atoms with E-state index in [0.29, 0.717) is 0 Å². The van der Waals surface area contributed by atoms with Gasteiger partial charge in [0.05, 0.1) is 0 Å². The van der Waals surface area contributed by atoms with Crippen LogP contribution >= 0.6 is 11.6 Å². The molecule has 94 valence electrons. The first-order valence-electron chi connectivity index (χ1n) is 5.74. The average molecular weight is 254 g/mol. The lowest BCUT2D eigenvalue weighted by atomic mass is 10.0. The monoisotopic (exact) mass is 253 g/mol. The maximum Gasteiger partial charge on any atom is 0.243 e. The number of halogens is 1. The SMILES string of the molecule is Cc1ccc(C)c(C(Cl)C(=O)NC(C)(C)C)c1. The molecule has 0 radical (unpaired) electrons. The van der Waals surface area contributed by atoms with Gasteiger partial charge in [-0.25, -0.2) is 0 Å². The van der Waals surface area contributed by atoms with E-state index in [1.807, 2.05) is 52.8 Å². The molecule has 0 bridgehead atoms. The van der Waals surface area contributed by atoms with Crippen molar-refractivity contribution < 1.29 is 4.79 Å². The van der Waals surface area contributed by atoms with Crippen LogP contribution in [-0.2, 0) is 4.79 Å². The number of hydrogen-bond donors (Lipinski definition) is 1. The van der Waals surface area contributed by atoms with Crippen molar-refractivity contribution in [3.05, 3.63) is 34.9 Å². The molecule has 1 unspecified atom stereocenters. The Hall–Kier alpha value is -1.02. The van der Waals surface area contributed by atoms with Crippen LogP contribution in [-0.4, -0.2) is 11.4 Å². The average Bonchev–Trinajstić information content (AvgIpc) is 2.18. The molecule has 0 spiro atoms. The summed E-state index contributed by atoms with van der Waals surface area (Å²) in [6.45, 7) is 9.79. The van der Waals surface area contributed by atoms with Crippen LogP contribution in [0.2, 0.25) is 0 Å². The van der Waals surface area contributed by atoms with Gasteiger partial charge in [-0.2, -0.15) is 0 Å². The zero-order valence-corrected chi connectivity index (χ0v) is 11.9. The first kappa shape index (κ1) is 14.0. The van der Waals surface area contributed by atoms with E-state index in [4.69, 9.17) is 11.6 Å². The largest absolute Gasteiger partial charge is 0.350 e. The minimum atomic E-state index is -0.630. The molecule has 1 amide bonds. The summed E-state index contributed by atoms with van der Waals surface area (Å²) in [6.07, 6.45) is 0. The molecule has 17 heavy (non-hydrogen) atoms. The maximum atomic E-state index is 12.0. The summed E-state index contributed by atoms with van der Waals surface area (Å²) in [6, 6.07) is 5.98. The second kappa shape index (κ2) is 5.09. The predicted octanol–water partition coefficient (Wildman–Crippen LogP) is 3.50. The second-order valence-corrected chi connectivity index (χ2v) is 5.90. The van der Waals surface area contributed by atoms with Crippen LogP contribution in [0.3, 0.4) is 0 Å². The van der Waals surface area contributed by atoms with E-state index in [9.17, 15) is 4.79 Å². The van der Waals surface area contributed by atoms with Crippen molar-refractivity contribution in [2.24, 2.45) is 0 Å². The van der Waals surface area contributed by atoms with E-state index < -0.39 is 5.38 Å². The highest BCUT2D eigenvalue weighted by molar-refractivity contribution is 6.31. The molecule has 0 fully saturated rings. The highest BCUT2D eigenvalue weighted by Gasteiger charge is 2.23. The molecule has 1 N–H and O–H groups in total. The molecule has 0 heterocycles. The number of benzene rings is 1. The minimum Gasteiger partial charge on any atom is -0.350 e. The van der Waals surface area contributed by atoms with Gasteiger partial charge in [0.1, 0.15) is 5.38 Å². The van der Waals surface area contributed by atoms with Crippen LogP contribution in [0.15, 0.2) is 18.2 Å². The molecule has 0 aliphatic carbocycles. The van der Waals surface area contributed by atoms with Gasteiger partial charge in [-0.05, 0) is 45.7 Å². The molecule has 0 saturated heterocycles. The quantitative estimate of drug-likeness (QED) is 0.803. The third kappa shape index (κ3) is 4.04. The molecular formula is C14H20ClNO. The van der Waals surface area contributed by atoms with E-state index in [2.05, 4.69) is 5.32 Å². The Bertz CT molecular complexity index is 421. The number of amides is 1. The molecule has 1 rings (SSSR count). The van der Waals surface area contributed by atoms with Crippen molar-refractivity contribution in [3.8, 4) is 0 Å².